The van der Waals surface area contributed by atoms with Crippen LogP contribution in [0.1, 0.15) is 29.5 Å². The molecule has 0 aromatic carbocycles. The van der Waals surface area contributed by atoms with E-state index in [-0.39, 0.29) is 0 Å². The number of imidazole rings is 1. The molecule has 0 saturated heterocycles. The summed E-state index contributed by atoms with van der Waals surface area (Å²) in [5.74, 6) is 1.04. The number of thioether (sulfide) groups is 1. The van der Waals surface area contributed by atoms with Gasteiger partial charge in [-0.25, -0.2) is 4.98 Å². The third-order valence-corrected chi connectivity index (χ3v) is 3.72. The maximum absolute atomic E-state index is 5.49. The summed E-state index contributed by atoms with van der Waals surface area (Å²) in [6.45, 7) is 0.765. The summed E-state index contributed by atoms with van der Waals surface area (Å²) in [6, 6.07) is 0. The normalized spacial score (nSPS) is 21.5. The molecule has 4 heteroatoms. The molecule has 3 N–H and O–H groups in total. The molecule has 0 aliphatic heterocycles. The van der Waals surface area contributed by atoms with Crippen LogP contribution in [-0.4, -0.2) is 22.3 Å². The zero-order chi connectivity index (χ0) is 9.10. The van der Waals surface area contributed by atoms with Crippen molar-refractivity contribution >= 4 is 11.8 Å². The summed E-state index contributed by atoms with van der Waals surface area (Å²) in [5, 5.41) is 0.582. The Labute approximate surface area is 82.5 Å². The third-order valence-electron chi connectivity index (χ3n) is 2.39. The van der Waals surface area contributed by atoms with Crippen LogP contribution in [0.25, 0.3) is 0 Å². The zero-order valence-electron chi connectivity index (χ0n) is 7.62. The monoisotopic (exact) mass is 197 g/mol. The van der Waals surface area contributed by atoms with E-state index >= 15 is 0 Å². The Morgan fingerprint density at radius 2 is 2.62 bits per heavy atom. The van der Waals surface area contributed by atoms with E-state index in [0.29, 0.717) is 5.25 Å². The van der Waals surface area contributed by atoms with Crippen LogP contribution in [0.15, 0.2) is 6.33 Å². The highest BCUT2D eigenvalue weighted by Crippen LogP contribution is 2.37. The average molecular weight is 197 g/mol. The molecule has 3 nitrogen and oxygen atoms in total. The highest BCUT2D eigenvalue weighted by Gasteiger charge is 2.22. The number of hydrogen-bond acceptors (Lipinski definition) is 3. The molecule has 1 aromatic heterocycles. The van der Waals surface area contributed by atoms with Crippen molar-refractivity contribution in [3.63, 3.8) is 0 Å². The molecular weight excluding hydrogens is 182 g/mol. The van der Waals surface area contributed by atoms with Crippen molar-refractivity contribution in [2.45, 2.75) is 24.5 Å². The summed E-state index contributed by atoms with van der Waals surface area (Å²) in [5.41, 5.74) is 8.09. The first-order chi connectivity index (χ1) is 6.42. The van der Waals surface area contributed by atoms with E-state index in [1.165, 1.54) is 24.2 Å². The van der Waals surface area contributed by atoms with Crippen LogP contribution < -0.4 is 5.73 Å². The van der Waals surface area contributed by atoms with E-state index in [0.717, 1.165) is 18.7 Å². The summed E-state index contributed by atoms with van der Waals surface area (Å²) >= 11 is 1.94. The molecule has 1 aliphatic rings. The van der Waals surface area contributed by atoms with Gasteiger partial charge < -0.3 is 10.7 Å². The van der Waals surface area contributed by atoms with Gasteiger partial charge >= 0.3 is 0 Å². The largest absolute Gasteiger partial charge is 0.348 e. The molecule has 0 saturated carbocycles. The number of aryl methyl sites for hydroxylation is 1. The average Bonchev–Trinajstić information content (AvgIpc) is 2.62. The topological polar surface area (TPSA) is 54.7 Å². The summed E-state index contributed by atoms with van der Waals surface area (Å²) in [6.07, 6.45) is 5.50. The molecule has 1 heterocycles. The first kappa shape index (κ1) is 9.09. The van der Waals surface area contributed by atoms with Crippen molar-refractivity contribution in [1.82, 2.24) is 9.97 Å². The van der Waals surface area contributed by atoms with Crippen LogP contribution in [0.4, 0.5) is 0 Å². The lowest BCUT2D eigenvalue weighted by Crippen LogP contribution is -2.10. The van der Waals surface area contributed by atoms with Gasteiger partial charge in [0.05, 0.1) is 12.0 Å². The Morgan fingerprint density at radius 1 is 1.69 bits per heavy atom. The van der Waals surface area contributed by atoms with Gasteiger partial charge in [0.25, 0.3) is 0 Å². The minimum Gasteiger partial charge on any atom is -0.348 e. The van der Waals surface area contributed by atoms with Crippen LogP contribution in [-0.2, 0) is 6.42 Å². The number of nitrogens with one attached hydrogen (secondary N) is 1. The van der Waals surface area contributed by atoms with Gasteiger partial charge in [0.15, 0.2) is 0 Å². The Morgan fingerprint density at radius 3 is 3.46 bits per heavy atom. The second kappa shape index (κ2) is 4.15. The number of rotatable bonds is 3. The standard InChI is InChI=1S/C9H15N3S/c10-4-5-13-8-3-1-2-7-9(8)12-6-11-7/h6,8H,1-5,10H2,(H,11,12). The summed E-state index contributed by atoms with van der Waals surface area (Å²) < 4.78 is 0. The minimum absolute atomic E-state index is 0.582. The first-order valence-electron chi connectivity index (χ1n) is 4.75. The Kier molecular flexibility index (Phi) is 2.90. The van der Waals surface area contributed by atoms with Crippen LogP contribution >= 0.6 is 11.8 Å². The SMILES string of the molecule is NCCSC1CCCc2[nH]cnc21. The number of fused-ring (bicyclic) bond motifs is 1. The maximum atomic E-state index is 5.49. The number of nitrogens with zero attached hydrogens (tertiary/aromatic N) is 1. The highest BCUT2D eigenvalue weighted by atomic mass is 32.2. The predicted molar refractivity (Wildman–Crippen MR) is 55.8 cm³/mol. The highest BCUT2D eigenvalue weighted by molar-refractivity contribution is 7.99. The number of nitrogens with two attached hydrogens (primary N) is 1. The summed E-state index contributed by atoms with van der Waals surface area (Å²) in [4.78, 5) is 7.58. The molecule has 1 atom stereocenters. The molecule has 0 radical (unpaired) electrons. The van der Waals surface area contributed by atoms with Gasteiger partial charge in [0.1, 0.15) is 0 Å². The van der Waals surface area contributed by atoms with Gasteiger partial charge in [-0.1, -0.05) is 0 Å². The predicted octanol–water partition coefficient (Wildman–Crippen LogP) is 1.48. The minimum atomic E-state index is 0.582. The summed E-state index contributed by atoms with van der Waals surface area (Å²) in [7, 11) is 0. The van der Waals surface area contributed by atoms with Crippen molar-refractivity contribution in [2.24, 2.45) is 5.73 Å². The molecule has 0 bridgehead atoms. The van der Waals surface area contributed by atoms with Crippen LogP contribution in [0.2, 0.25) is 0 Å². The van der Waals surface area contributed by atoms with E-state index < -0.39 is 0 Å². The molecule has 13 heavy (non-hydrogen) atoms. The van der Waals surface area contributed by atoms with Gasteiger partial charge in [-0.2, -0.15) is 11.8 Å². The Bertz CT molecular complexity index is 272. The van der Waals surface area contributed by atoms with Gasteiger partial charge in [-0.05, 0) is 19.3 Å². The molecule has 0 amide bonds. The Balaban J connectivity index is 2.07. The molecule has 0 spiro atoms. The second-order valence-corrected chi connectivity index (χ2v) is 4.62. The molecule has 1 aromatic rings. The van der Waals surface area contributed by atoms with Crippen molar-refractivity contribution in [1.29, 1.82) is 0 Å². The third kappa shape index (κ3) is 1.89. The molecule has 1 aliphatic carbocycles. The molecule has 72 valence electrons. The zero-order valence-corrected chi connectivity index (χ0v) is 8.44. The van der Waals surface area contributed by atoms with Gasteiger partial charge in [-0.15, -0.1) is 0 Å². The lowest BCUT2D eigenvalue weighted by atomic mass is 10.0. The Hall–Kier alpha value is -0.480. The van der Waals surface area contributed by atoms with Gasteiger partial charge in [-0.3, -0.25) is 0 Å². The molecule has 0 fully saturated rings. The van der Waals surface area contributed by atoms with E-state index in [9.17, 15) is 0 Å². The van der Waals surface area contributed by atoms with E-state index in [2.05, 4.69) is 9.97 Å². The van der Waals surface area contributed by atoms with Crippen LogP contribution in [0.5, 0.6) is 0 Å². The van der Waals surface area contributed by atoms with E-state index in [1.54, 1.807) is 0 Å². The molecule has 1 unspecified atom stereocenters. The lowest BCUT2D eigenvalue weighted by Gasteiger charge is -2.20. The molecular formula is C9H15N3S. The quantitative estimate of drug-likeness (QED) is 0.771. The van der Waals surface area contributed by atoms with Crippen molar-refractivity contribution in [2.75, 3.05) is 12.3 Å². The maximum Gasteiger partial charge on any atom is 0.0925 e. The fourth-order valence-electron chi connectivity index (χ4n) is 1.78. The van der Waals surface area contributed by atoms with Crippen LogP contribution in [0, 0.1) is 0 Å². The van der Waals surface area contributed by atoms with E-state index in [1.807, 2.05) is 18.1 Å². The lowest BCUT2D eigenvalue weighted by molar-refractivity contribution is 0.655. The van der Waals surface area contributed by atoms with Crippen molar-refractivity contribution in [3.05, 3.63) is 17.7 Å². The smallest absolute Gasteiger partial charge is 0.0925 e. The van der Waals surface area contributed by atoms with Crippen molar-refractivity contribution < 1.29 is 0 Å². The number of aromatic amines is 1. The second-order valence-electron chi connectivity index (χ2n) is 3.31. The van der Waals surface area contributed by atoms with Crippen molar-refractivity contribution in [3.8, 4) is 0 Å². The first-order valence-corrected chi connectivity index (χ1v) is 5.80. The fraction of sp³-hybridized carbons (Fsp3) is 0.667. The van der Waals surface area contributed by atoms with Gasteiger partial charge in [0, 0.05) is 23.2 Å². The van der Waals surface area contributed by atoms with E-state index in [4.69, 9.17) is 5.73 Å². The number of aromatic nitrogens is 2. The van der Waals surface area contributed by atoms with Gasteiger partial charge in [0.2, 0.25) is 0 Å². The molecule has 2 rings (SSSR count). The number of H-pyrrole nitrogens is 1. The fourth-order valence-corrected chi connectivity index (χ4v) is 2.90. The van der Waals surface area contributed by atoms with Crippen LogP contribution in [0.3, 0.4) is 0 Å². The number of hydrogen-bond donors (Lipinski definition) is 2.